The smallest absolute Gasteiger partial charge is 0.152 e. The first-order valence-corrected chi connectivity index (χ1v) is 10.2. The Balaban J connectivity index is 0.00000280. The zero-order valence-corrected chi connectivity index (χ0v) is 17.5. The minimum atomic E-state index is 0. The molecule has 1 aliphatic rings. The summed E-state index contributed by atoms with van der Waals surface area (Å²) in [7, 11) is 0. The molecule has 3 nitrogen and oxygen atoms in total. The molecule has 28 heavy (non-hydrogen) atoms. The van der Waals surface area contributed by atoms with E-state index in [0.717, 1.165) is 31.0 Å². The van der Waals surface area contributed by atoms with Crippen LogP contribution in [-0.4, -0.2) is 28.7 Å². The zero-order valence-electron chi connectivity index (χ0n) is 17.5. The molecule has 2 heterocycles. The van der Waals surface area contributed by atoms with Crippen LogP contribution in [0.1, 0.15) is 71.2 Å². The van der Waals surface area contributed by atoms with E-state index in [9.17, 15) is 0 Å². The van der Waals surface area contributed by atoms with Gasteiger partial charge in [0.25, 0.3) is 0 Å². The van der Waals surface area contributed by atoms with Gasteiger partial charge in [-0.25, -0.2) is 4.99 Å². The standard InChI is InChI=1S/C24H33N3.CH4/c1-17(2)22-21(16-20-12-8-6-9-13-20)19(5)26-23(22)24(25-18(3)4)27-14-10-7-11-15-27;/h6,8-9,12-13,26H,7,10-11,14-16H2,1-5H3;1H4/b24-23-;. The first-order chi connectivity index (χ1) is 13.0. The minimum absolute atomic E-state index is 0. The van der Waals surface area contributed by atoms with E-state index in [0.29, 0.717) is 0 Å². The molecule has 1 N–H and O–H groups in total. The Morgan fingerprint density at radius 2 is 1.64 bits per heavy atom. The summed E-state index contributed by atoms with van der Waals surface area (Å²) < 4.78 is 0. The zero-order chi connectivity index (χ0) is 19.4. The second-order valence-electron chi connectivity index (χ2n) is 8.07. The molecule has 0 saturated carbocycles. The lowest BCUT2D eigenvalue weighted by atomic mass is 10.0. The molecule has 3 rings (SSSR count). The summed E-state index contributed by atoms with van der Waals surface area (Å²) in [6.45, 7) is 13.0. The molecule has 0 unspecified atom stereocenters. The predicted molar refractivity (Wildman–Crippen MR) is 123 cm³/mol. The van der Waals surface area contributed by atoms with Crippen LogP contribution in [0.4, 0.5) is 0 Å². The molecule has 1 aliphatic heterocycles. The Kier molecular flexibility index (Phi) is 7.68. The van der Waals surface area contributed by atoms with Crippen LogP contribution in [0.3, 0.4) is 0 Å². The first kappa shape index (κ1) is 22.0. The third-order valence-electron chi connectivity index (χ3n) is 5.25. The molecule has 0 bridgehead atoms. The van der Waals surface area contributed by atoms with E-state index in [-0.39, 0.29) is 7.43 Å². The number of nitrogens with one attached hydrogen (secondary N) is 1. The number of likely N-dealkylation sites (tertiary alicyclic amines) is 1. The van der Waals surface area contributed by atoms with Gasteiger partial charge in [0.1, 0.15) is 0 Å². The van der Waals surface area contributed by atoms with Gasteiger partial charge in [0.15, 0.2) is 5.82 Å². The highest BCUT2D eigenvalue weighted by Crippen LogP contribution is 2.16. The molecule has 1 aromatic heterocycles. The Labute approximate surface area is 170 Å². The third kappa shape index (κ3) is 4.95. The number of aliphatic imine (C=N–C) groups is 1. The number of hydrogen-bond acceptors (Lipinski definition) is 2. The average molecular weight is 380 g/mol. The molecule has 1 aromatic carbocycles. The van der Waals surface area contributed by atoms with Crippen molar-refractivity contribution >= 4 is 17.1 Å². The van der Waals surface area contributed by atoms with E-state index >= 15 is 0 Å². The fourth-order valence-electron chi connectivity index (χ4n) is 4.01. The normalized spacial score (nSPS) is 15.0. The number of nitrogens with zero attached hydrogens (tertiary/aromatic N) is 2. The Morgan fingerprint density at radius 1 is 1.00 bits per heavy atom. The maximum absolute atomic E-state index is 4.99. The van der Waals surface area contributed by atoms with E-state index in [4.69, 9.17) is 4.99 Å². The molecular weight excluding hydrogens is 342 g/mol. The molecule has 0 amide bonds. The fourth-order valence-corrected chi connectivity index (χ4v) is 4.01. The molecule has 1 fully saturated rings. The van der Waals surface area contributed by atoms with E-state index < -0.39 is 0 Å². The largest absolute Gasteiger partial charge is 0.355 e. The third-order valence-corrected chi connectivity index (χ3v) is 5.25. The SMILES string of the molecule is C.CC(C)=N/C(=c1/[nH]c(C)c(Cc2ccccc2)c1=C(C)C)N1CCCCC1. The van der Waals surface area contributed by atoms with Crippen molar-refractivity contribution in [1.29, 1.82) is 0 Å². The molecule has 1 saturated heterocycles. The molecular formula is C25H37N3. The number of H-pyrrole nitrogens is 1. The topological polar surface area (TPSA) is 31.4 Å². The monoisotopic (exact) mass is 379 g/mol. The summed E-state index contributed by atoms with van der Waals surface area (Å²) in [5.41, 5.74) is 6.45. The van der Waals surface area contributed by atoms with Crippen molar-refractivity contribution in [3.05, 3.63) is 57.7 Å². The molecule has 3 heteroatoms. The molecule has 0 aliphatic carbocycles. The van der Waals surface area contributed by atoms with Gasteiger partial charge in [-0.05, 0) is 71.4 Å². The molecule has 2 aromatic rings. The highest BCUT2D eigenvalue weighted by molar-refractivity contribution is 5.82. The van der Waals surface area contributed by atoms with Crippen molar-refractivity contribution in [3.63, 3.8) is 0 Å². The lowest BCUT2D eigenvalue weighted by molar-refractivity contribution is 0.319. The van der Waals surface area contributed by atoms with Crippen LogP contribution < -0.4 is 10.6 Å². The van der Waals surface area contributed by atoms with Crippen LogP contribution in [-0.2, 0) is 6.42 Å². The van der Waals surface area contributed by atoms with Gasteiger partial charge < -0.3 is 9.88 Å². The molecule has 0 radical (unpaired) electrons. The van der Waals surface area contributed by atoms with Gasteiger partial charge in [-0.1, -0.05) is 43.3 Å². The maximum Gasteiger partial charge on any atom is 0.152 e. The summed E-state index contributed by atoms with van der Waals surface area (Å²) in [6.07, 6.45) is 4.78. The van der Waals surface area contributed by atoms with E-state index in [1.807, 2.05) is 0 Å². The van der Waals surface area contributed by atoms with Crippen molar-refractivity contribution in [3.8, 4) is 0 Å². The first-order valence-electron chi connectivity index (χ1n) is 10.2. The lowest BCUT2D eigenvalue weighted by Gasteiger charge is -2.28. The number of aromatic amines is 1. The van der Waals surface area contributed by atoms with Crippen molar-refractivity contribution < 1.29 is 0 Å². The summed E-state index contributed by atoms with van der Waals surface area (Å²) >= 11 is 0. The van der Waals surface area contributed by atoms with Crippen LogP contribution in [0.5, 0.6) is 0 Å². The van der Waals surface area contributed by atoms with E-state index in [1.54, 1.807) is 0 Å². The number of benzene rings is 1. The summed E-state index contributed by atoms with van der Waals surface area (Å²) in [5, 5.41) is 2.54. The molecule has 0 atom stereocenters. The van der Waals surface area contributed by atoms with Gasteiger partial charge in [-0.2, -0.15) is 0 Å². The number of hydrogen-bond donors (Lipinski definition) is 1. The highest BCUT2D eigenvalue weighted by atomic mass is 15.2. The minimum Gasteiger partial charge on any atom is -0.355 e. The molecule has 152 valence electrons. The Morgan fingerprint density at radius 3 is 2.21 bits per heavy atom. The van der Waals surface area contributed by atoms with Gasteiger partial charge in [-0.15, -0.1) is 0 Å². The van der Waals surface area contributed by atoms with Gasteiger partial charge in [0.05, 0.1) is 5.35 Å². The van der Waals surface area contributed by atoms with Crippen molar-refractivity contribution in [2.45, 2.75) is 67.7 Å². The van der Waals surface area contributed by atoms with Crippen molar-refractivity contribution in [2.75, 3.05) is 13.1 Å². The summed E-state index contributed by atoms with van der Waals surface area (Å²) in [5.74, 6) is 1.12. The second-order valence-corrected chi connectivity index (χ2v) is 8.07. The number of aryl methyl sites for hydroxylation is 1. The Hall–Kier alpha value is -2.29. The van der Waals surface area contributed by atoms with Crippen molar-refractivity contribution in [2.24, 2.45) is 4.99 Å². The van der Waals surface area contributed by atoms with Crippen LogP contribution in [0.15, 0.2) is 35.3 Å². The fraction of sp³-hybridized carbons (Fsp3) is 0.480. The van der Waals surface area contributed by atoms with Gasteiger partial charge in [0, 0.05) is 29.7 Å². The Bertz CT molecular complexity index is 918. The summed E-state index contributed by atoms with van der Waals surface area (Å²) in [4.78, 5) is 11.2. The van der Waals surface area contributed by atoms with E-state index in [2.05, 4.69) is 74.8 Å². The lowest BCUT2D eigenvalue weighted by Crippen LogP contribution is -2.38. The highest BCUT2D eigenvalue weighted by Gasteiger charge is 2.17. The second kappa shape index (κ2) is 9.77. The average Bonchev–Trinajstić information content (AvgIpc) is 2.97. The van der Waals surface area contributed by atoms with Crippen molar-refractivity contribution in [1.82, 2.24) is 9.88 Å². The number of piperidine rings is 1. The van der Waals surface area contributed by atoms with Gasteiger partial charge in [0.2, 0.25) is 0 Å². The molecule has 0 spiro atoms. The van der Waals surface area contributed by atoms with Gasteiger partial charge >= 0.3 is 0 Å². The van der Waals surface area contributed by atoms with Crippen LogP contribution >= 0.6 is 0 Å². The van der Waals surface area contributed by atoms with E-state index in [1.165, 1.54) is 52.2 Å². The maximum atomic E-state index is 4.99. The van der Waals surface area contributed by atoms with Crippen LogP contribution in [0, 0.1) is 6.92 Å². The van der Waals surface area contributed by atoms with Crippen LogP contribution in [0.25, 0.3) is 11.4 Å². The summed E-state index contributed by atoms with van der Waals surface area (Å²) in [6, 6.07) is 10.7. The van der Waals surface area contributed by atoms with Gasteiger partial charge in [-0.3, -0.25) is 0 Å². The van der Waals surface area contributed by atoms with Crippen LogP contribution in [0.2, 0.25) is 0 Å². The number of rotatable bonds is 4. The quantitative estimate of drug-likeness (QED) is 0.762. The predicted octanol–water partition coefficient (Wildman–Crippen LogP) is 4.77. The number of aromatic nitrogens is 1.